The van der Waals surface area contributed by atoms with Gasteiger partial charge in [-0.2, -0.15) is 0 Å². The number of halogens is 1. The van der Waals surface area contributed by atoms with Crippen LogP contribution in [0, 0.1) is 0 Å². The van der Waals surface area contributed by atoms with Crippen LogP contribution in [0.4, 0.5) is 0 Å². The Morgan fingerprint density at radius 1 is 1.53 bits per heavy atom. The van der Waals surface area contributed by atoms with Crippen LogP contribution in [0.1, 0.15) is 23.2 Å². The first-order valence-corrected chi connectivity index (χ1v) is 5.89. The number of hydrogen-bond acceptors (Lipinski definition) is 4. The summed E-state index contributed by atoms with van der Waals surface area (Å²) < 4.78 is 5.10. The van der Waals surface area contributed by atoms with Crippen molar-refractivity contribution in [1.82, 2.24) is 10.3 Å². The van der Waals surface area contributed by atoms with Gasteiger partial charge in [-0.05, 0) is 34.5 Å². The minimum absolute atomic E-state index is 0.182. The predicted molar refractivity (Wildman–Crippen MR) is 65.5 cm³/mol. The average molecular weight is 301 g/mol. The highest BCUT2D eigenvalue weighted by molar-refractivity contribution is 9.10. The van der Waals surface area contributed by atoms with Crippen molar-refractivity contribution >= 4 is 27.8 Å². The first-order chi connectivity index (χ1) is 8.13. The molecule has 1 N–H and O–H groups in total. The van der Waals surface area contributed by atoms with E-state index in [1.165, 1.54) is 7.11 Å². The lowest BCUT2D eigenvalue weighted by Crippen LogP contribution is -2.25. The molecule has 0 saturated heterocycles. The third-order valence-corrected chi connectivity index (χ3v) is 2.49. The molecule has 5 nitrogen and oxygen atoms in total. The van der Waals surface area contributed by atoms with Crippen molar-refractivity contribution in [3.05, 3.63) is 28.5 Å². The molecule has 0 aliphatic rings. The van der Waals surface area contributed by atoms with Crippen LogP contribution in [-0.4, -0.2) is 30.5 Å². The molecule has 1 aromatic rings. The van der Waals surface area contributed by atoms with Gasteiger partial charge in [0.25, 0.3) is 5.91 Å². The van der Waals surface area contributed by atoms with Gasteiger partial charge < -0.3 is 10.1 Å². The van der Waals surface area contributed by atoms with E-state index in [-0.39, 0.29) is 11.9 Å². The van der Waals surface area contributed by atoms with Crippen molar-refractivity contribution < 1.29 is 14.3 Å². The second-order valence-electron chi connectivity index (χ2n) is 3.30. The lowest BCUT2D eigenvalue weighted by Gasteiger charge is -2.04. The Morgan fingerprint density at radius 3 is 2.94 bits per heavy atom. The van der Waals surface area contributed by atoms with E-state index in [1.807, 2.05) is 0 Å². The molecule has 17 heavy (non-hydrogen) atoms. The van der Waals surface area contributed by atoms with Crippen molar-refractivity contribution in [2.24, 2.45) is 0 Å². The van der Waals surface area contributed by atoms with Gasteiger partial charge in [0.15, 0.2) is 0 Å². The number of carbonyl (C=O) groups is 2. The molecule has 1 amide bonds. The van der Waals surface area contributed by atoms with E-state index in [1.54, 1.807) is 18.3 Å². The molecular weight excluding hydrogens is 288 g/mol. The summed E-state index contributed by atoms with van der Waals surface area (Å²) in [6, 6.07) is 3.26. The van der Waals surface area contributed by atoms with Gasteiger partial charge in [0.1, 0.15) is 4.60 Å². The summed E-state index contributed by atoms with van der Waals surface area (Å²) in [5, 5.41) is 2.71. The number of amides is 1. The number of ether oxygens (including phenoxy) is 1. The molecule has 6 heteroatoms. The van der Waals surface area contributed by atoms with Crippen LogP contribution in [-0.2, 0) is 9.53 Å². The number of rotatable bonds is 5. The molecule has 0 radical (unpaired) electrons. The fourth-order valence-corrected chi connectivity index (χ4v) is 1.55. The molecule has 0 spiro atoms. The van der Waals surface area contributed by atoms with Gasteiger partial charge in [-0.15, -0.1) is 0 Å². The fraction of sp³-hybridized carbons (Fsp3) is 0.364. The van der Waals surface area contributed by atoms with Crippen LogP contribution in [0.15, 0.2) is 22.9 Å². The number of aromatic nitrogens is 1. The summed E-state index contributed by atoms with van der Waals surface area (Å²) in [6.07, 6.45) is 2.41. The van der Waals surface area contributed by atoms with Crippen LogP contribution in [0.25, 0.3) is 0 Å². The quantitative estimate of drug-likeness (QED) is 0.509. The Labute approximate surface area is 108 Å². The van der Waals surface area contributed by atoms with Gasteiger partial charge in [-0.25, -0.2) is 4.98 Å². The smallest absolute Gasteiger partial charge is 0.305 e. The summed E-state index contributed by atoms with van der Waals surface area (Å²) in [5.41, 5.74) is 0.532. The molecule has 0 atom stereocenters. The number of methoxy groups -OCH3 is 1. The largest absolute Gasteiger partial charge is 0.469 e. The Bertz CT molecular complexity index is 409. The predicted octanol–water partition coefficient (Wildman–Crippen LogP) is 1.53. The number of carbonyl (C=O) groups excluding carboxylic acids is 2. The van der Waals surface area contributed by atoms with Crippen molar-refractivity contribution in [1.29, 1.82) is 0 Å². The van der Waals surface area contributed by atoms with Gasteiger partial charge in [0.2, 0.25) is 0 Å². The molecule has 0 aliphatic heterocycles. The van der Waals surface area contributed by atoms with Crippen LogP contribution in [0.2, 0.25) is 0 Å². The number of pyridine rings is 1. The van der Waals surface area contributed by atoms with E-state index < -0.39 is 0 Å². The van der Waals surface area contributed by atoms with E-state index in [4.69, 9.17) is 0 Å². The minimum atomic E-state index is -0.272. The molecule has 0 unspecified atom stereocenters. The summed E-state index contributed by atoms with van der Waals surface area (Å²) in [7, 11) is 1.34. The third-order valence-electron chi connectivity index (χ3n) is 2.06. The summed E-state index contributed by atoms with van der Waals surface area (Å²) >= 11 is 3.19. The van der Waals surface area contributed by atoms with Crippen molar-refractivity contribution in [2.75, 3.05) is 13.7 Å². The van der Waals surface area contributed by atoms with Crippen LogP contribution < -0.4 is 5.32 Å². The topological polar surface area (TPSA) is 68.3 Å². The van der Waals surface area contributed by atoms with Crippen LogP contribution in [0.5, 0.6) is 0 Å². The molecule has 0 aliphatic carbocycles. The van der Waals surface area contributed by atoms with Crippen LogP contribution in [0.3, 0.4) is 0 Å². The van der Waals surface area contributed by atoms with Crippen LogP contribution >= 0.6 is 15.9 Å². The third kappa shape index (κ3) is 4.95. The minimum Gasteiger partial charge on any atom is -0.469 e. The van der Waals surface area contributed by atoms with E-state index in [9.17, 15) is 9.59 Å². The maximum absolute atomic E-state index is 11.6. The Balaban J connectivity index is 2.33. The highest BCUT2D eigenvalue weighted by atomic mass is 79.9. The number of esters is 1. The van der Waals surface area contributed by atoms with E-state index in [0.29, 0.717) is 29.6 Å². The van der Waals surface area contributed by atoms with Crippen molar-refractivity contribution in [3.8, 4) is 0 Å². The van der Waals surface area contributed by atoms with Gasteiger partial charge in [-0.1, -0.05) is 0 Å². The highest BCUT2D eigenvalue weighted by Gasteiger charge is 2.06. The Kier molecular flexibility index (Phi) is 5.62. The molecular formula is C11H13BrN2O3. The molecule has 0 fully saturated rings. The zero-order chi connectivity index (χ0) is 12.7. The van der Waals surface area contributed by atoms with Crippen molar-refractivity contribution in [2.45, 2.75) is 12.8 Å². The second kappa shape index (κ2) is 7.01. The molecule has 1 heterocycles. The van der Waals surface area contributed by atoms with E-state index in [0.717, 1.165) is 0 Å². The first kappa shape index (κ1) is 13.6. The second-order valence-corrected chi connectivity index (χ2v) is 4.12. The molecule has 1 aromatic heterocycles. The van der Waals surface area contributed by atoms with Gasteiger partial charge >= 0.3 is 5.97 Å². The zero-order valence-electron chi connectivity index (χ0n) is 9.40. The molecule has 0 aromatic carbocycles. The monoisotopic (exact) mass is 300 g/mol. The highest BCUT2D eigenvalue weighted by Crippen LogP contribution is 2.07. The maximum atomic E-state index is 11.6. The van der Waals surface area contributed by atoms with E-state index in [2.05, 4.69) is 31.0 Å². The number of hydrogen-bond donors (Lipinski definition) is 1. The van der Waals surface area contributed by atoms with Gasteiger partial charge in [0.05, 0.1) is 7.11 Å². The standard InChI is InChI=1S/C11H13BrN2O3/c1-17-10(15)3-2-5-14-11(16)8-4-6-13-9(12)7-8/h4,6-7H,2-3,5H2,1H3,(H,14,16). The first-order valence-electron chi connectivity index (χ1n) is 5.10. The zero-order valence-corrected chi connectivity index (χ0v) is 11.0. The normalized spacial score (nSPS) is 9.76. The maximum Gasteiger partial charge on any atom is 0.305 e. The summed E-state index contributed by atoms with van der Waals surface area (Å²) in [6.45, 7) is 0.438. The Hall–Kier alpha value is -1.43. The molecule has 1 rings (SSSR count). The molecule has 0 bridgehead atoms. The van der Waals surface area contributed by atoms with Crippen molar-refractivity contribution in [3.63, 3.8) is 0 Å². The average Bonchev–Trinajstić information content (AvgIpc) is 2.34. The van der Waals surface area contributed by atoms with E-state index >= 15 is 0 Å². The SMILES string of the molecule is COC(=O)CCCNC(=O)c1ccnc(Br)c1. The molecule has 0 saturated carbocycles. The summed E-state index contributed by atoms with van der Waals surface area (Å²) in [4.78, 5) is 26.4. The van der Waals surface area contributed by atoms with Gasteiger partial charge in [-0.3, -0.25) is 9.59 Å². The number of nitrogens with one attached hydrogen (secondary N) is 1. The van der Waals surface area contributed by atoms with Gasteiger partial charge in [0, 0.05) is 24.7 Å². The summed E-state index contributed by atoms with van der Waals surface area (Å²) in [5.74, 6) is -0.455. The number of nitrogens with zero attached hydrogens (tertiary/aromatic N) is 1. The lowest BCUT2D eigenvalue weighted by atomic mass is 10.2. The molecule has 92 valence electrons. The lowest BCUT2D eigenvalue weighted by molar-refractivity contribution is -0.140. The fourth-order valence-electron chi connectivity index (χ4n) is 1.18. The Morgan fingerprint density at radius 2 is 2.29 bits per heavy atom.